The quantitative estimate of drug-likeness (QED) is 0.702. The first kappa shape index (κ1) is 8.65. The van der Waals surface area contributed by atoms with Gasteiger partial charge in [-0.05, 0) is 12.1 Å². The summed E-state index contributed by atoms with van der Waals surface area (Å²) >= 11 is 11.6. The van der Waals surface area contributed by atoms with Gasteiger partial charge in [0.25, 0.3) is 0 Å². The molecule has 0 atom stereocenters. The van der Waals surface area contributed by atoms with E-state index in [1.54, 1.807) is 25.2 Å². The van der Waals surface area contributed by atoms with Crippen LogP contribution in [0.1, 0.15) is 0 Å². The van der Waals surface area contributed by atoms with Crippen molar-refractivity contribution < 1.29 is 0 Å². The fraction of sp³-hybridized carbons (Fsp3) is 0.143. The molecule has 0 aromatic heterocycles. The highest BCUT2D eigenvalue weighted by Gasteiger charge is 2.01. The zero-order valence-electron chi connectivity index (χ0n) is 5.99. The molecule has 0 unspecified atom stereocenters. The summed E-state index contributed by atoms with van der Waals surface area (Å²) in [6.07, 6.45) is 0. The van der Waals surface area contributed by atoms with Crippen LogP contribution in [0.25, 0.3) is 0 Å². The maximum absolute atomic E-state index is 5.82. The summed E-state index contributed by atoms with van der Waals surface area (Å²) < 4.78 is 0. The molecule has 0 fully saturated rings. The molecule has 11 heavy (non-hydrogen) atoms. The van der Waals surface area contributed by atoms with Crippen LogP contribution in [0.3, 0.4) is 0 Å². The molecule has 0 aliphatic rings. The predicted molar refractivity (Wildman–Crippen MR) is 49.1 cm³/mol. The minimum atomic E-state index is 0.604. The Hall–Kier alpha value is -0.440. The number of halogens is 2. The number of para-hydroxylation sites is 1. The molecule has 0 spiro atoms. The van der Waals surface area contributed by atoms with E-state index in [1.807, 2.05) is 0 Å². The molecule has 0 radical (unpaired) electrons. The summed E-state index contributed by atoms with van der Waals surface area (Å²) in [5.74, 6) is 0. The molecule has 2 nitrogen and oxygen atoms in total. The zero-order valence-corrected chi connectivity index (χ0v) is 7.50. The summed E-state index contributed by atoms with van der Waals surface area (Å²) in [6.45, 7) is 0. The van der Waals surface area contributed by atoms with Crippen molar-refractivity contribution in [3.63, 3.8) is 0 Å². The number of anilines is 1. The van der Waals surface area contributed by atoms with Crippen molar-refractivity contribution in [3.8, 4) is 0 Å². The van der Waals surface area contributed by atoms with E-state index in [2.05, 4.69) is 10.9 Å². The third-order valence-corrected chi connectivity index (χ3v) is 1.84. The first-order valence-corrected chi connectivity index (χ1v) is 3.88. The SMILES string of the molecule is CNNc1c(Cl)cccc1Cl. The number of hydrazine groups is 1. The van der Waals surface area contributed by atoms with Crippen LogP contribution in [0.15, 0.2) is 18.2 Å². The molecule has 1 rings (SSSR count). The first-order chi connectivity index (χ1) is 5.25. The van der Waals surface area contributed by atoms with Crippen LogP contribution in [0.4, 0.5) is 5.69 Å². The van der Waals surface area contributed by atoms with Gasteiger partial charge < -0.3 is 5.43 Å². The lowest BCUT2D eigenvalue weighted by atomic mass is 10.3. The van der Waals surface area contributed by atoms with Crippen LogP contribution < -0.4 is 10.9 Å². The number of hydrogen-bond donors (Lipinski definition) is 2. The molecule has 0 aliphatic heterocycles. The van der Waals surface area contributed by atoms with Crippen LogP contribution >= 0.6 is 23.2 Å². The smallest absolute Gasteiger partial charge is 0.0862 e. The van der Waals surface area contributed by atoms with E-state index in [9.17, 15) is 0 Å². The monoisotopic (exact) mass is 190 g/mol. The lowest BCUT2D eigenvalue weighted by Crippen LogP contribution is -2.15. The number of nitrogens with one attached hydrogen (secondary N) is 2. The second-order valence-electron chi connectivity index (χ2n) is 1.97. The van der Waals surface area contributed by atoms with Gasteiger partial charge in [-0.2, -0.15) is 0 Å². The van der Waals surface area contributed by atoms with Crippen molar-refractivity contribution in [1.82, 2.24) is 5.43 Å². The van der Waals surface area contributed by atoms with Gasteiger partial charge in [0.2, 0.25) is 0 Å². The van der Waals surface area contributed by atoms with E-state index in [0.717, 1.165) is 0 Å². The van der Waals surface area contributed by atoms with Crippen LogP contribution in [0.2, 0.25) is 10.0 Å². The van der Waals surface area contributed by atoms with Crippen LogP contribution in [-0.2, 0) is 0 Å². The lowest BCUT2D eigenvalue weighted by molar-refractivity contribution is 0.984. The number of rotatable bonds is 2. The Morgan fingerprint density at radius 2 is 1.73 bits per heavy atom. The van der Waals surface area contributed by atoms with Crippen molar-refractivity contribution in [2.45, 2.75) is 0 Å². The third kappa shape index (κ3) is 1.99. The zero-order chi connectivity index (χ0) is 8.27. The van der Waals surface area contributed by atoms with Gasteiger partial charge in [-0.1, -0.05) is 29.3 Å². The summed E-state index contributed by atoms with van der Waals surface area (Å²) in [5, 5.41) is 1.21. The van der Waals surface area contributed by atoms with Crippen LogP contribution in [-0.4, -0.2) is 7.05 Å². The Kier molecular flexibility index (Phi) is 3.00. The second kappa shape index (κ2) is 3.81. The van der Waals surface area contributed by atoms with Gasteiger partial charge in [0, 0.05) is 7.05 Å². The maximum Gasteiger partial charge on any atom is 0.0862 e. The molecule has 2 N–H and O–H groups in total. The van der Waals surface area contributed by atoms with Gasteiger partial charge in [0.1, 0.15) is 0 Å². The predicted octanol–water partition coefficient (Wildman–Crippen LogP) is 2.54. The van der Waals surface area contributed by atoms with Crippen molar-refractivity contribution in [3.05, 3.63) is 28.2 Å². The molecular weight excluding hydrogens is 183 g/mol. The molecule has 60 valence electrons. The largest absolute Gasteiger partial charge is 0.319 e. The van der Waals surface area contributed by atoms with E-state index in [1.165, 1.54) is 0 Å². The average Bonchev–Trinajstić information content (AvgIpc) is 1.97. The van der Waals surface area contributed by atoms with Crippen molar-refractivity contribution in [1.29, 1.82) is 0 Å². The minimum absolute atomic E-state index is 0.604. The molecule has 0 aliphatic carbocycles. The number of hydrogen-bond acceptors (Lipinski definition) is 2. The van der Waals surface area contributed by atoms with E-state index in [-0.39, 0.29) is 0 Å². The minimum Gasteiger partial charge on any atom is -0.319 e. The summed E-state index contributed by atoms with van der Waals surface area (Å²) in [4.78, 5) is 0. The van der Waals surface area contributed by atoms with Crippen LogP contribution in [0, 0.1) is 0 Å². The molecular formula is C7H8Cl2N2. The Morgan fingerprint density at radius 3 is 2.18 bits per heavy atom. The van der Waals surface area contributed by atoms with Crippen molar-refractivity contribution in [2.24, 2.45) is 0 Å². The Balaban J connectivity index is 3.00. The first-order valence-electron chi connectivity index (χ1n) is 3.12. The number of benzene rings is 1. The van der Waals surface area contributed by atoms with E-state index in [4.69, 9.17) is 23.2 Å². The van der Waals surface area contributed by atoms with E-state index < -0.39 is 0 Å². The van der Waals surface area contributed by atoms with Crippen molar-refractivity contribution in [2.75, 3.05) is 12.5 Å². The highest BCUT2D eigenvalue weighted by molar-refractivity contribution is 6.39. The molecule has 0 heterocycles. The lowest BCUT2D eigenvalue weighted by Gasteiger charge is -2.07. The topological polar surface area (TPSA) is 24.1 Å². The maximum atomic E-state index is 5.82. The fourth-order valence-corrected chi connectivity index (χ4v) is 1.23. The molecule has 1 aromatic carbocycles. The van der Waals surface area contributed by atoms with Gasteiger partial charge in [-0.15, -0.1) is 0 Å². The van der Waals surface area contributed by atoms with Gasteiger partial charge in [-0.25, -0.2) is 5.43 Å². The van der Waals surface area contributed by atoms with E-state index in [0.29, 0.717) is 15.7 Å². The Morgan fingerprint density at radius 1 is 1.18 bits per heavy atom. The summed E-state index contributed by atoms with van der Waals surface area (Å²) in [6, 6.07) is 5.34. The van der Waals surface area contributed by atoms with Crippen LogP contribution in [0.5, 0.6) is 0 Å². The molecule has 0 bridgehead atoms. The summed E-state index contributed by atoms with van der Waals surface area (Å²) in [5.41, 5.74) is 6.28. The van der Waals surface area contributed by atoms with Gasteiger partial charge in [-0.3, -0.25) is 0 Å². The molecule has 1 aromatic rings. The van der Waals surface area contributed by atoms with Gasteiger partial charge in [0.15, 0.2) is 0 Å². The average molecular weight is 191 g/mol. The normalized spacial score (nSPS) is 9.73. The Labute approximate surface area is 75.5 Å². The molecule has 4 heteroatoms. The highest BCUT2D eigenvalue weighted by atomic mass is 35.5. The highest BCUT2D eigenvalue weighted by Crippen LogP contribution is 2.28. The van der Waals surface area contributed by atoms with E-state index >= 15 is 0 Å². The Bertz CT molecular complexity index is 230. The van der Waals surface area contributed by atoms with Crippen molar-refractivity contribution >= 4 is 28.9 Å². The third-order valence-electron chi connectivity index (χ3n) is 1.21. The molecule has 0 saturated carbocycles. The standard InChI is InChI=1S/C7H8Cl2N2/c1-10-11-7-5(8)3-2-4-6(7)9/h2-4,10-11H,1H3. The fourth-order valence-electron chi connectivity index (χ4n) is 0.742. The second-order valence-corrected chi connectivity index (χ2v) is 2.79. The van der Waals surface area contributed by atoms with Gasteiger partial charge >= 0.3 is 0 Å². The molecule has 0 amide bonds. The summed E-state index contributed by atoms with van der Waals surface area (Å²) in [7, 11) is 1.75. The molecule has 0 saturated heterocycles. The van der Waals surface area contributed by atoms with Gasteiger partial charge in [0.05, 0.1) is 15.7 Å².